The Morgan fingerprint density at radius 3 is 1.73 bits per heavy atom. The first-order valence-corrected chi connectivity index (χ1v) is 28.1. The van der Waals surface area contributed by atoms with Crippen molar-refractivity contribution in [3.05, 3.63) is 120 Å². The van der Waals surface area contributed by atoms with Crippen LogP contribution in [0.1, 0.15) is 42.9 Å². The van der Waals surface area contributed by atoms with Crippen LogP contribution in [-0.4, -0.2) is 166 Å². The standard InChI is InChI=1S/C53H63N7O12S3/c1-5-39(21-25-73-4)56-72-53(70)47-27-43(62)29-60(47)41-16-11-36(12-17-41)8-13-38-20-24-58(34(38)2)31-49(64)55-45(51(67)68)33-75-74-32-44(50(65)66)54-48(63)30-57-22-18-37(19-23-57)7-6-35-9-14-40(15-10-35)59-28-42(61)26-46(59)52(69)71-3/h5-20,22-24,34,39,42-47,56,61-62H,1,21,25-33H2,2-4H3,(H2-2,54,55,63,64,65,66,67,68)/p+2/t34?,39-,42?,43?,44?,45?,46?,47?/m1/s1. The lowest BCUT2D eigenvalue weighted by atomic mass is 10.1. The molecule has 3 aromatic rings. The van der Waals surface area contributed by atoms with Crippen molar-refractivity contribution >= 4 is 105 Å². The molecule has 1 aromatic heterocycles. The van der Waals surface area contributed by atoms with Crippen LogP contribution in [0.4, 0.5) is 11.4 Å². The molecule has 22 heteroatoms. The van der Waals surface area contributed by atoms with E-state index in [0.29, 0.717) is 13.0 Å². The van der Waals surface area contributed by atoms with E-state index in [0.717, 1.165) is 67.4 Å². The largest absolute Gasteiger partial charge is 0.480 e. The number of carbonyl (C=O) groups is 6. The van der Waals surface area contributed by atoms with E-state index < -0.39 is 72.1 Å². The minimum absolute atomic E-state index is 0.0612. The van der Waals surface area contributed by atoms with Crippen molar-refractivity contribution in [2.75, 3.05) is 60.1 Å². The number of nitrogens with zero attached hydrogens (tertiary/aromatic N) is 4. The van der Waals surface area contributed by atoms with Gasteiger partial charge in [0.05, 0.1) is 25.4 Å². The highest BCUT2D eigenvalue weighted by atomic mass is 33.1. The van der Waals surface area contributed by atoms with Crippen molar-refractivity contribution in [2.45, 2.75) is 81.2 Å². The van der Waals surface area contributed by atoms with Crippen LogP contribution in [0.3, 0.4) is 0 Å². The first-order chi connectivity index (χ1) is 36.0. The fraction of sp³-hybridized carbons (Fsp3) is 0.396. The van der Waals surface area contributed by atoms with E-state index in [1.165, 1.54) is 7.11 Å². The van der Waals surface area contributed by atoms with Crippen LogP contribution in [0.2, 0.25) is 0 Å². The maximum atomic E-state index is 13.1. The molecular formula is C53H65N7O12S3+2. The molecule has 0 radical (unpaired) electrons. The first kappa shape index (κ1) is 57.8. The Hall–Kier alpha value is -6.43. The Balaban J connectivity index is 0.895. The molecule has 400 valence electrons. The zero-order valence-corrected chi connectivity index (χ0v) is 44.4. The highest BCUT2D eigenvalue weighted by Crippen LogP contribution is 2.29. The number of esters is 1. The van der Waals surface area contributed by atoms with E-state index in [4.69, 9.17) is 9.57 Å². The number of methoxy groups -OCH3 is 1. The molecule has 7 N–H and O–H groups in total. The van der Waals surface area contributed by atoms with E-state index >= 15 is 0 Å². The van der Waals surface area contributed by atoms with Gasteiger partial charge in [0.15, 0.2) is 24.7 Å². The van der Waals surface area contributed by atoms with Crippen molar-refractivity contribution in [1.29, 1.82) is 0 Å². The number of hydrogen-bond donors (Lipinski definition) is 7. The summed E-state index contributed by atoms with van der Waals surface area (Å²) in [7, 11) is 3.47. The molecule has 19 nitrogen and oxygen atoms in total. The van der Waals surface area contributed by atoms with Gasteiger partial charge in [-0.2, -0.15) is 16.3 Å². The minimum Gasteiger partial charge on any atom is -0.480 e. The molecule has 0 spiro atoms. The third-order valence-electron chi connectivity index (χ3n) is 12.7. The number of benzene rings is 2. The van der Waals surface area contributed by atoms with Gasteiger partial charge in [-0.3, -0.25) is 9.59 Å². The molecular weight excluding hydrogens is 1020 g/mol. The lowest BCUT2D eigenvalue weighted by Crippen LogP contribution is -2.49. The average Bonchev–Trinajstić information content (AvgIpc) is 4.10. The van der Waals surface area contributed by atoms with Crippen LogP contribution in [0.25, 0.3) is 18.2 Å². The molecule has 3 aliphatic heterocycles. The van der Waals surface area contributed by atoms with Gasteiger partial charge in [-0.05, 0) is 59.4 Å². The molecule has 4 heterocycles. The molecule has 75 heavy (non-hydrogen) atoms. The van der Waals surface area contributed by atoms with Crippen molar-refractivity contribution in [3.63, 3.8) is 0 Å². The van der Waals surface area contributed by atoms with Gasteiger partial charge in [0.2, 0.25) is 13.1 Å². The number of carboxylic acids is 2. The number of aliphatic hydroxyl groups excluding tert-OH is 2. The summed E-state index contributed by atoms with van der Waals surface area (Å²) in [5.41, 5.74) is 7.91. The normalized spacial score (nSPS) is 20.6. The number of allylic oxidation sites excluding steroid dienone is 1. The number of hydrogen-bond acceptors (Lipinski definition) is 16. The maximum absolute atomic E-state index is 13.1. The number of nitrogens with one attached hydrogen (secondary N) is 3. The van der Waals surface area contributed by atoms with Crippen LogP contribution in [0.5, 0.6) is 0 Å². The predicted octanol–water partition coefficient (Wildman–Crippen LogP) is 3.20. The Kier molecular flexibility index (Phi) is 22.0. The molecule has 3 aliphatic rings. The number of ether oxygens (including phenoxy) is 1. The third-order valence-corrected chi connectivity index (χ3v) is 15.8. The van der Waals surface area contributed by atoms with Gasteiger partial charge in [0.25, 0.3) is 11.8 Å². The summed E-state index contributed by atoms with van der Waals surface area (Å²) in [5, 5.41) is 45.4. The number of carbonyl (C=O) groups excluding carboxylic acids is 4. The van der Waals surface area contributed by atoms with Crippen molar-refractivity contribution in [2.24, 2.45) is 0 Å². The SMILES string of the molecule is C=C[C@H](CCSC)NOC(=O)C1CC(O)CN1c1ccc(/C=C/C2=CC=[N+](CC(=O)NC(CSSCC(NC(=O)C[n+]3ccc(/C=C/c4ccc(N5CC(O)CC5C(=O)OC)cc4)cc3)C(=O)O)C(=O)O)C2C)cc1. The number of amides is 2. The van der Waals surface area contributed by atoms with Gasteiger partial charge < -0.3 is 50.4 Å². The molecule has 2 amide bonds. The van der Waals surface area contributed by atoms with Crippen LogP contribution >= 0.6 is 33.3 Å². The van der Waals surface area contributed by atoms with Gasteiger partial charge in [-0.25, -0.2) is 23.8 Å². The van der Waals surface area contributed by atoms with Crippen molar-refractivity contribution < 1.29 is 67.9 Å². The number of rotatable bonds is 27. The van der Waals surface area contributed by atoms with E-state index in [9.17, 15) is 49.2 Å². The van der Waals surface area contributed by atoms with Gasteiger partial charge in [-0.1, -0.05) is 76.2 Å². The second-order valence-corrected chi connectivity index (χ2v) is 21.6. The number of β-amino-alcohol motifs (C(OH)–C–C–N with tert-alkyl or cyclic N) is 2. The number of aromatic nitrogens is 1. The number of pyridine rings is 1. The Bertz CT molecular complexity index is 2620. The summed E-state index contributed by atoms with van der Waals surface area (Å²) in [6.07, 6.45) is 18.4. The zero-order chi connectivity index (χ0) is 54.0. The second kappa shape index (κ2) is 28.5. The Morgan fingerprint density at radius 2 is 1.24 bits per heavy atom. The lowest BCUT2D eigenvalue weighted by Gasteiger charge is -2.25. The first-order valence-electron chi connectivity index (χ1n) is 24.3. The predicted molar refractivity (Wildman–Crippen MR) is 292 cm³/mol. The molecule has 0 saturated carbocycles. The fourth-order valence-electron chi connectivity index (χ4n) is 8.50. The van der Waals surface area contributed by atoms with Crippen LogP contribution in [0, 0.1) is 0 Å². The smallest absolute Gasteiger partial charge is 0.347 e. The molecule has 0 bridgehead atoms. The molecule has 0 aliphatic carbocycles. The summed E-state index contributed by atoms with van der Waals surface area (Å²) in [6, 6.07) is 14.6. The number of aliphatic carboxylic acids is 2. The van der Waals surface area contributed by atoms with E-state index in [1.807, 2.05) is 102 Å². The zero-order valence-electron chi connectivity index (χ0n) is 41.9. The fourth-order valence-corrected chi connectivity index (χ4v) is 11.3. The van der Waals surface area contributed by atoms with Gasteiger partial charge >= 0.3 is 23.9 Å². The lowest BCUT2D eigenvalue weighted by molar-refractivity contribution is -0.684. The van der Waals surface area contributed by atoms with Gasteiger partial charge in [0, 0.05) is 79.5 Å². The number of carboxylic acid groups (broad SMARTS) is 2. The Morgan fingerprint density at radius 1 is 0.747 bits per heavy atom. The highest BCUT2D eigenvalue weighted by Gasteiger charge is 2.39. The number of thioether (sulfide) groups is 1. The number of aliphatic hydroxyl groups is 2. The summed E-state index contributed by atoms with van der Waals surface area (Å²) in [4.78, 5) is 84.5. The summed E-state index contributed by atoms with van der Waals surface area (Å²) in [6.45, 7) is 6.09. The molecule has 2 saturated heterocycles. The topological polar surface area (TPSA) is 251 Å². The number of anilines is 2. The van der Waals surface area contributed by atoms with E-state index in [2.05, 4.69) is 22.7 Å². The summed E-state index contributed by atoms with van der Waals surface area (Å²) < 4.78 is 8.29. The third kappa shape index (κ3) is 17.0. The minimum atomic E-state index is -1.25. The molecule has 2 aromatic carbocycles. The van der Waals surface area contributed by atoms with Crippen LogP contribution in [0.15, 0.2) is 103 Å². The molecule has 7 unspecified atom stereocenters. The highest BCUT2D eigenvalue weighted by molar-refractivity contribution is 8.76. The van der Waals surface area contributed by atoms with Crippen molar-refractivity contribution in [3.8, 4) is 0 Å². The van der Waals surface area contributed by atoms with Gasteiger partial charge in [0.1, 0.15) is 24.2 Å². The molecule has 8 atom stereocenters. The van der Waals surface area contributed by atoms with E-state index in [1.54, 1.807) is 57.7 Å². The van der Waals surface area contributed by atoms with Crippen LogP contribution in [-0.2, 0) is 44.9 Å². The van der Waals surface area contributed by atoms with Crippen LogP contribution < -0.4 is 30.5 Å². The average molecular weight is 1090 g/mol. The van der Waals surface area contributed by atoms with Gasteiger partial charge in [-0.15, -0.1) is 12.1 Å². The monoisotopic (exact) mass is 1090 g/mol. The molecule has 2 fully saturated rings. The van der Waals surface area contributed by atoms with E-state index in [-0.39, 0.29) is 49.6 Å². The summed E-state index contributed by atoms with van der Waals surface area (Å²) >= 11 is 1.69. The Labute approximate surface area is 448 Å². The quantitative estimate of drug-likeness (QED) is 0.0145. The maximum Gasteiger partial charge on any atom is 0.347 e. The molecule has 6 rings (SSSR count). The van der Waals surface area contributed by atoms with Crippen molar-refractivity contribution in [1.82, 2.24) is 16.1 Å². The number of hydroxylamine groups is 1. The summed E-state index contributed by atoms with van der Waals surface area (Å²) in [5.74, 6) is -3.66. The second-order valence-electron chi connectivity index (χ2n) is 18.1.